The van der Waals surface area contributed by atoms with Crippen molar-refractivity contribution in [2.75, 3.05) is 0 Å². The van der Waals surface area contributed by atoms with Gasteiger partial charge in [-0.05, 0) is 18.4 Å². The van der Waals surface area contributed by atoms with Crippen LogP contribution in [-0.4, -0.2) is 10.6 Å². The number of carbonyl (C=O) groups is 1. The van der Waals surface area contributed by atoms with Gasteiger partial charge in [0, 0.05) is 5.92 Å². The highest BCUT2D eigenvalue weighted by molar-refractivity contribution is 9.12. The highest BCUT2D eigenvalue weighted by Crippen LogP contribution is 2.39. The SMILES string of the molecule is O=C(C1CC1)C(Br)C(Br)c1ccccc1. The molecule has 2 rings (SSSR count). The zero-order valence-electron chi connectivity index (χ0n) is 8.20. The summed E-state index contributed by atoms with van der Waals surface area (Å²) < 4.78 is 0. The lowest BCUT2D eigenvalue weighted by Gasteiger charge is -2.15. The van der Waals surface area contributed by atoms with Crippen molar-refractivity contribution in [3.63, 3.8) is 0 Å². The van der Waals surface area contributed by atoms with Crippen LogP contribution in [-0.2, 0) is 4.79 Å². The summed E-state index contributed by atoms with van der Waals surface area (Å²) in [5.74, 6) is 0.638. The Bertz CT molecular complexity index is 346. The Hall–Kier alpha value is -0.150. The third-order valence-corrected chi connectivity index (χ3v) is 5.37. The fraction of sp³-hybridized carbons (Fsp3) is 0.417. The van der Waals surface area contributed by atoms with Gasteiger partial charge in [-0.3, -0.25) is 4.79 Å². The van der Waals surface area contributed by atoms with Gasteiger partial charge in [-0.25, -0.2) is 0 Å². The molecule has 1 aromatic carbocycles. The second-order valence-electron chi connectivity index (χ2n) is 3.89. The number of alkyl halides is 2. The van der Waals surface area contributed by atoms with E-state index in [-0.39, 0.29) is 9.65 Å². The quantitative estimate of drug-likeness (QED) is 0.765. The molecule has 0 aliphatic heterocycles. The molecule has 0 aromatic heterocycles. The van der Waals surface area contributed by atoms with Crippen LogP contribution in [0, 0.1) is 5.92 Å². The van der Waals surface area contributed by atoms with Crippen molar-refractivity contribution in [2.45, 2.75) is 22.5 Å². The zero-order valence-corrected chi connectivity index (χ0v) is 11.4. The molecule has 0 saturated heterocycles. The van der Waals surface area contributed by atoms with E-state index < -0.39 is 0 Å². The average molecular weight is 332 g/mol. The molecule has 0 bridgehead atoms. The highest BCUT2D eigenvalue weighted by atomic mass is 79.9. The molecular weight excluding hydrogens is 320 g/mol. The number of hydrogen-bond donors (Lipinski definition) is 0. The minimum absolute atomic E-state index is 0.0757. The van der Waals surface area contributed by atoms with E-state index in [1.54, 1.807) is 0 Å². The van der Waals surface area contributed by atoms with E-state index in [9.17, 15) is 4.79 Å². The second kappa shape index (κ2) is 4.79. The smallest absolute Gasteiger partial charge is 0.151 e. The van der Waals surface area contributed by atoms with Gasteiger partial charge in [-0.1, -0.05) is 62.2 Å². The number of carbonyl (C=O) groups excluding carboxylic acids is 1. The second-order valence-corrected chi connectivity index (χ2v) is 5.86. The van der Waals surface area contributed by atoms with Crippen molar-refractivity contribution >= 4 is 37.6 Å². The molecule has 2 unspecified atom stereocenters. The molecule has 0 N–H and O–H groups in total. The van der Waals surface area contributed by atoms with E-state index in [1.807, 2.05) is 30.3 Å². The summed E-state index contributed by atoms with van der Waals surface area (Å²) in [5, 5.41) is 0. The molecule has 1 aromatic rings. The Morgan fingerprint density at radius 3 is 2.33 bits per heavy atom. The summed E-state index contributed by atoms with van der Waals surface area (Å²) in [5.41, 5.74) is 1.15. The Balaban J connectivity index is 2.06. The van der Waals surface area contributed by atoms with Crippen LogP contribution in [0.25, 0.3) is 0 Å². The van der Waals surface area contributed by atoms with Gasteiger partial charge in [0.05, 0.1) is 9.65 Å². The lowest BCUT2D eigenvalue weighted by atomic mass is 10.1. The van der Waals surface area contributed by atoms with E-state index >= 15 is 0 Å². The summed E-state index contributed by atoms with van der Waals surface area (Å²) >= 11 is 7.07. The topological polar surface area (TPSA) is 17.1 Å². The van der Waals surface area contributed by atoms with Gasteiger partial charge in [-0.2, -0.15) is 0 Å². The molecule has 1 nitrogen and oxygen atoms in total. The van der Waals surface area contributed by atoms with Crippen molar-refractivity contribution in [2.24, 2.45) is 5.92 Å². The molecule has 1 saturated carbocycles. The number of benzene rings is 1. The minimum atomic E-state index is -0.104. The van der Waals surface area contributed by atoms with Crippen molar-refractivity contribution in [3.05, 3.63) is 35.9 Å². The van der Waals surface area contributed by atoms with Crippen LogP contribution in [0.4, 0.5) is 0 Å². The lowest BCUT2D eigenvalue weighted by molar-refractivity contribution is -0.119. The van der Waals surface area contributed by atoms with Crippen molar-refractivity contribution < 1.29 is 4.79 Å². The van der Waals surface area contributed by atoms with E-state index in [4.69, 9.17) is 0 Å². The minimum Gasteiger partial charge on any atom is -0.298 e. The molecule has 2 atom stereocenters. The molecule has 1 aliphatic rings. The van der Waals surface area contributed by atoms with E-state index in [2.05, 4.69) is 31.9 Å². The van der Waals surface area contributed by atoms with Crippen LogP contribution in [0.2, 0.25) is 0 Å². The van der Waals surface area contributed by atoms with Crippen LogP contribution in [0.5, 0.6) is 0 Å². The predicted octanol–water partition coefficient (Wildman–Crippen LogP) is 3.87. The van der Waals surface area contributed by atoms with E-state index in [0.717, 1.165) is 18.4 Å². The standard InChI is InChI=1S/C12H12Br2O/c13-10(8-4-2-1-3-5-8)11(14)12(15)9-6-7-9/h1-5,9-11H,6-7H2. The lowest BCUT2D eigenvalue weighted by Crippen LogP contribution is -2.20. The molecule has 3 heteroatoms. The first-order valence-electron chi connectivity index (χ1n) is 5.07. The van der Waals surface area contributed by atoms with E-state index in [0.29, 0.717) is 11.7 Å². The Morgan fingerprint density at radius 1 is 1.20 bits per heavy atom. The zero-order chi connectivity index (χ0) is 10.8. The molecule has 1 aliphatic carbocycles. The summed E-state index contributed by atoms with van der Waals surface area (Å²) in [7, 11) is 0. The van der Waals surface area contributed by atoms with Crippen molar-refractivity contribution in [1.82, 2.24) is 0 Å². The molecule has 0 spiro atoms. The van der Waals surface area contributed by atoms with Gasteiger partial charge in [-0.15, -0.1) is 0 Å². The molecule has 80 valence electrons. The molecule has 0 amide bonds. The fourth-order valence-electron chi connectivity index (χ4n) is 1.54. The maximum Gasteiger partial charge on any atom is 0.151 e. The largest absolute Gasteiger partial charge is 0.298 e. The Kier molecular flexibility index (Phi) is 3.62. The van der Waals surface area contributed by atoms with Gasteiger partial charge in [0.15, 0.2) is 5.78 Å². The normalized spacial score (nSPS) is 19.6. The molecule has 15 heavy (non-hydrogen) atoms. The molecular formula is C12H12Br2O. The van der Waals surface area contributed by atoms with Crippen LogP contribution >= 0.6 is 31.9 Å². The summed E-state index contributed by atoms with van der Waals surface area (Å²) in [6.45, 7) is 0. The van der Waals surface area contributed by atoms with Gasteiger partial charge in [0.25, 0.3) is 0 Å². The monoisotopic (exact) mass is 330 g/mol. The number of rotatable bonds is 4. The number of Topliss-reactive ketones (excluding diaryl/α,β-unsaturated/α-hetero) is 1. The van der Waals surface area contributed by atoms with Gasteiger partial charge < -0.3 is 0 Å². The number of hydrogen-bond acceptors (Lipinski definition) is 1. The summed E-state index contributed by atoms with van der Waals surface area (Å²) in [4.78, 5) is 11.8. The highest BCUT2D eigenvalue weighted by Gasteiger charge is 2.36. The van der Waals surface area contributed by atoms with Crippen LogP contribution in [0.3, 0.4) is 0 Å². The average Bonchev–Trinajstić information content (AvgIpc) is 3.11. The van der Waals surface area contributed by atoms with Crippen LogP contribution < -0.4 is 0 Å². The van der Waals surface area contributed by atoms with Crippen molar-refractivity contribution in [1.29, 1.82) is 0 Å². The predicted molar refractivity (Wildman–Crippen MR) is 68.6 cm³/mol. The first kappa shape index (κ1) is 11.3. The van der Waals surface area contributed by atoms with Gasteiger partial charge in [0.1, 0.15) is 0 Å². The third-order valence-electron chi connectivity index (χ3n) is 2.63. The Labute approximate surface area is 107 Å². The molecule has 1 fully saturated rings. The van der Waals surface area contributed by atoms with E-state index in [1.165, 1.54) is 0 Å². The molecule has 0 heterocycles. The maximum absolute atomic E-state index is 11.8. The summed E-state index contributed by atoms with van der Waals surface area (Å²) in [6, 6.07) is 10.0. The van der Waals surface area contributed by atoms with Gasteiger partial charge in [0.2, 0.25) is 0 Å². The number of halogens is 2. The maximum atomic E-state index is 11.8. The first-order valence-corrected chi connectivity index (χ1v) is 6.90. The third kappa shape index (κ3) is 2.70. The van der Waals surface area contributed by atoms with Crippen LogP contribution in [0.1, 0.15) is 23.2 Å². The first-order chi connectivity index (χ1) is 7.20. The Morgan fingerprint density at radius 2 is 1.80 bits per heavy atom. The van der Waals surface area contributed by atoms with Crippen LogP contribution in [0.15, 0.2) is 30.3 Å². The summed E-state index contributed by atoms with van der Waals surface area (Å²) in [6.07, 6.45) is 2.13. The molecule has 0 radical (unpaired) electrons. The number of ketones is 1. The van der Waals surface area contributed by atoms with Gasteiger partial charge >= 0.3 is 0 Å². The fourth-order valence-corrected chi connectivity index (χ4v) is 2.79. The van der Waals surface area contributed by atoms with Crippen molar-refractivity contribution in [3.8, 4) is 0 Å².